The fourth-order valence-electron chi connectivity index (χ4n) is 3.72. The maximum Gasteiger partial charge on any atom is 0.416 e. The first kappa shape index (κ1) is 20.4. The van der Waals surface area contributed by atoms with Gasteiger partial charge in [0.2, 0.25) is 0 Å². The van der Waals surface area contributed by atoms with Gasteiger partial charge in [-0.3, -0.25) is 4.79 Å². The smallest absolute Gasteiger partial charge is 0.382 e. The molecule has 3 rings (SSSR count). The topological polar surface area (TPSA) is 50.8 Å². The standard InChI is InChI=1S/C18H22ClF3N2O3/c1-10-16-11(5-12(6-14(16)19)18(20,21)22)3-4-24(10)17(25)15-8-23-7-13(27-15)9-26-2/h5-6,10,13,15,23H,3-4,7-9H2,1-2H3/t10-,13-,15+/m0/s1. The van der Waals surface area contributed by atoms with Crippen LogP contribution in [0.1, 0.15) is 29.7 Å². The number of nitrogens with one attached hydrogen (secondary N) is 1. The molecule has 0 bridgehead atoms. The number of nitrogens with zero attached hydrogens (tertiary/aromatic N) is 1. The third-order valence-corrected chi connectivity index (χ3v) is 5.33. The van der Waals surface area contributed by atoms with Crippen molar-refractivity contribution >= 4 is 17.5 Å². The molecule has 2 aliphatic heterocycles. The van der Waals surface area contributed by atoms with Crippen molar-refractivity contribution in [2.24, 2.45) is 0 Å². The van der Waals surface area contributed by atoms with Crippen LogP contribution in [-0.4, -0.2) is 56.4 Å². The number of ether oxygens (including phenoxy) is 2. The van der Waals surface area contributed by atoms with E-state index >= 15 is 0 Å². The lowest BCUT2D eigenvalue weighted by Gasteiger charge is -2.39. The number of rotatable bonds is 3. The van der Waals surface area contributed by atoms with Gasteiger partial charge in [0.1, 0.15) is 6.10 Å². The minimum atomic E-state index is -4.45. The average molecular weight is 407 g/mol. The van der Waals surface area contributed by atoms with Crippen molar-refractivity contribution in [2.45, 2.75) is 37.8 Å². The van der Waals surface area contributed by atoms with Crippen molar-refractivity contribution in [3.63, 3.8) is 0 Å². The normalized spacial score (nSPS) is 26.0. The highest BCUT2D eigenvalue weighted by atomic mass is 35.5. The molecule has 1 N–H and O–H groups in total. The van der Waals surface area contributed by atoms with E-state index in [9.17, 15) is 18.0 Å². The summed E-state index contributed by atoms with van der Waals surface area (Å²) in [5, 5.41) is 3.19. The number of alkyl halides is 3. The number of halogens is 4. The first-order valence-corrected chi connectivity index (χ1v) is 9.15. The minimum Gasteiger partial charge on any atom is -0.382 e. The van der Waals surface area contributed by atoms with Gasteiger partial charge in [0.05, 0.1) is 24.3 Å². The first-order chi connectivity index (χ1) is 12.7. The molecular formula is C18H22ClF3N2O3. The van der Waals surface area contributed by atoms with Gasteiger partial charge in [0.15, 0.2) is 0 Å². The monoisotopic (exact) mass is 406 g/mol. The summed E-state index contributed by atoms with van der Waals surface area (Å²) in [6.45, 7) is 3.45. The molecule has 1 amide bonds. The summed E-state index contributed by atoms with van der Waals surface area (Å²) >= 11 is 6.17. The Morgan fingerprint density at radius 3 is 2.81 bits per heavy atom. The third kappa shape index (κ3) is 4.23. The summed E-state index contributed by atoms with van der Waals surface area (Å²) in [5.74, 6) is -0.197. The molecule has 1 fully saturated rings. The van der Waals surface area contributed by atoms with E-state index < -0.39 is 23.9 Å². The highest BCUT2D eigenvalue weighted by Gasteiger charge is 2.38. The average Bonchev–Trinajstić information content (AvgIpc) is 2.61. The van der Waals surface area contributed by atoms with Gasteiger partial charge in [0, 0.05) is 31.8 Å². The Balaban J connectivity index is 1.80. The second-order valence-electron chi connectivity index (χ2n) is 6.85. The van der Waals surface area contributed by atoms with Crippen LogP contribution in [0.2, 0.25) is 5.02 Å². The minimum absolute atomic E-state index is 0.0322. The van der Waals surface area contributed by atoms with E-state index in [2.05, 4.69) is 5.32 Å². The summed E-state index contributed by atoms with van der Waals surface area (Å²) in [6.07, 6.45) is -5.01. The molecule has 9 heteroatoms. The van der Waals surface area contributed by atoms with Gasteiger partial charge < -0.3 is 19.7 Å². The van der Waals surface area contributed by atoms with Crippen molar-refractivity contribution in [1.82, 2.24) is 10.2 Å². The molecule has 0 saturated carbocycles. The predicted octanol–water partition coefficient (Wildman–Crippen LogP) is 2.81. The molecule has 3 atom stereocenters. The highest BCUT2D eigenvalue weighted by molar-refractivity contribution is 6.31. The lowest BCUT2D eigenvalue weighted by molar-refractivity contribution is -0.155. The van der Waals surface area contributed by atoms with Gasteiger partial charge in [-0.15, -0.1) is 0 Å². The molecule has 1 aromatic rings. The molecule has 27 heavy (non-hydrogen) atoms. The van der Waals surface area contributed by atoms with Gasteiger partial charge in [-0.2, -0.15) is 13.2 Å². The van der Waals surface area contributed by atoms with E-state index in [1.54, 1.807) is 18.9 Å². The molecule has 0 unspecified atom stereocenters. The molecule has 1 aromatic carbocycles. The van der Waals surface area contributed by atoms with Crippen LogP contribution in [0, 0.1) is 0 Å². The fourth-order valence-corrected chi connectivity index (χ4v) is 4.12. The number of morpholine rings is 1. The Labute approximate surface area is 160 Å². The molecule has 5 nitrogen and oxygen atoms in total. The van der Waals surface area contributed by atoms with Gasteiger partial charge in [0.25, 0.3) is 5.91 Å². The van der Waals surface area contributed by atoms with Crippen LogP contribution >= 0.6 is 11.6 Å². The van der Waals surface area contributed by atoms with Crippen molar-refractivity contribution in [3.05, 3.63) is 33.8 Å². The van der Waals surface area contributed by atoms with Crippen LogP contribution < -0.4 is 5.32 Å². The zero-order valence-electron chi connectivity index (χ0n) is 15.1. The first-order valence-electron chi connectivity index (χ1n) is 8.77. The maximum atomic E-state index is 13.0. The van der Waals surface area contributed by atoms with Gasteiger partial charge in [-0.25, -0.2) is 0 Å². The quantitative estimate of drug-likeness (QED) is 0.838. The van der Waals surface area contributed by atoms with Crippen LogP contribution in [0.5, 0.6) is 0 Å². The molecule has 0 radical (unpaired) electrons. The van der Waals surface area contributed by atoms with Crippen LogP contribution in [0.4, 0.5) is 13.2 Å². The van der Waals surface area contributed by atoms with Crippen molar-refractivity contribution in [2.75, 3.05) is 33.4 Å². The molecule has 0 aliphatic carbocycles. The van der Waals surface area contributed by atoms with Crippen molar-refractivity contribution < 1.29 is 27.4 Å². The predicted molar refractivity (Wildman–Crippen MR) is 93.7 cm³/mol. The Morgan fingerprint density at radius 2 is 2.15 bits per heavy atom. The lowest BCUT2D eigenvalue weighted by atomic mass is 9.91. The molecule has 2 heterocycles. The van der Waals surface area contributed by atoms with Gasteiger partial charge in [-0.1, -0.05) is 11.6 Å². The van der Waals surface area contributed by atoms with Crippen molar-refractivity contribution in [3.8, 4) is 0 Å². The largest absolute Gasteiger partial charge is 0.416 e. The molecule has 0 aromatic heterocycles. The zero-order valence-corrected chi connectivity index (χ0v) is 15.9. The zero-order chi connectivity index (χ0) is 19.8. The second kappa shape index (κ2) is 7.95. The fraction of sp³-hybridized carbons (Fsp3) is 0.611. The van der Waals surface area contributed by atoms with E-state index in [0.29, 0.717) is 43.8 Å². The van der Waals surface area contributed by atoms with Crippen LogP contribution in [0.3, 0.4) is 0 Å². The Hall–Kier alpha value is -1.35. The maximum absolute atomic E-state index is 13.0. The Morgan fingerprint density at radius 1 is 1.41 bits per heavy atom. The third-order valence-electron chi connectivity index (χ3n) is 5.02. The molecule has 2 aliphatic rings. The van der Waals surface area contributed by atoms with Crippen LogP contribution in [0.15, 0.2) is 12.1 Å². The lowest BCUT2D eigenvalue weighted by Crippen LogP contribution is -2.54. The molecule has 1 saturated heterocycles. The van der Waals surface area contributed by atoms with E-state index in [1.807, 2.05) is 0 Å². The summed E-state index contributed by atoms with van der Waals surface area (Å²) in [5.41, 5.74) is 0.341. The highest BCUT2D eigenvalue weighted by Crippen LogP contribution is 2.40. The van der Waals surface area contributed by atoms with E-state index in [4.69, 9.17) is 21.1 Å². The summed E-state index contributed by atoms with van der Waals surface area (Å²) in [7, 11) is 1.57. The van der Waals surface area contributed by atoms with E-state index in [1.165, 1.54) is 0 Å². The number of benzene rings is 1. The number of hydrogen-bond acceptors (Lipinski definition) is 4. The summed E-state index contributed by atoms with van der Waals surface area (Å²) in [6, 6.07) is 1.63. The Bertz CT molecular complexity index is 712. The molecular weight excluding hydrogens is 385 g/mol. The molecule has 0 spiro atoms. The number of hydrogen-bond donors (Lipinski definition) is 1. The van der Waals surface area contributed by atoms with Crippen LogP contribution in [0.25, 0.3) is 0 Å². The summed E-state index contributed by atoms with van der Waals surface area (Å²) in [4.78, 5) is 14.6. The van der Waals surface area contributed by atoms with Crippen molar-refractivity contribution in [1.29, 1.82) is 0 Å². The number of fused-ring (bicyclic) bond motifs is 1. The number of amides is 1. The second-order valence-corrected chi connectivity index (χ2v) is 7.25. The number of methoxy groups -OCH3 is 1. The molecule has 150 valence electrons. The van der Waals surface area contributed by atoms with Gasteiger partial charge in [-0.05, 0) is 36.6 Å². The number of carbonyl (C=O) groups excluding carboxylic acids is 1. The van der Waals surface area contributed by atoms with E-state index in [0.717, 1.165) is 12.1 Å². The SMILES string of the molecule is COC[C@@H]1CNC[C@H](C(=O)N2CCc3cc(C(F)(F)F)cc(Cl)c3[C@@H]2C)O1. The Kier molecular flexibility index (Phi) is 6.00. The van der Waals surface area contributed by atoms with Crippen LogP contribution in [-0.2, 0) is 26.9 Å². The van der Waals surface area contributed by atoms with Gasteiger partial charge >= 0.3 is 6.18 Å². The van der Waals surface area contributed by atoms with E-state index in [-0.39, 0.29) is 17.0 Å². The summed E-state index contributed by atoms with van der Waals surface area (Å²) < 4.78 is 50.0. The number of carbonyl (C=O) groups is 1.